The Bertz CT molecular complexity index is 371. The van der Waals surface area contributed by atoms with E-state index in [0.717, 1.165) is 21.5 Å². The number of unbranched alkanes of at least 4 members (excludes halogenated alkanes) is 5. The van der Waals surface area contributed by atoms with Gasteiger partial charge in [-0.1, -0.05) is 63.1 Å². The Morgan fingerprint density at radius 3 is 2.53 bits per heavy atom. The number of hydrazine groups is 1. The summed E-state index contributed by atoms with van der Waals surface area (Å²) in [6.07, 6.45) is 8.86. The normalized spacial score (nSPS) is 12.6. The molecule has 19 heavy (non-hydrogen) atoms. The minimum atomic E-state index is 0.191. The summed E-state index contributed by atoms with van der Waals surface area (Å²) >= 11 is 9.52. The van der Waals surface area contributed by atoms with Gasteiger partial charge in [0.2, 0.25) is 0 Å². The third-order valence-electron chi connectivity index (χ3n) is 3.39. The molecule has 2 nitrogen and oxygen atoms in total. The SMILES string of the molecule is CCCCCCCCC(NN)c1ccc(Br)c(Cl)c1. The molecular weight excluding hydrogens is 324 g/mol. The molecule has 0 aliphatic rings. The monoisotopic (exact) mass is 346 g/mol. The van der Waals surface area contributed by atoms with E-state index in [0.29, 0.717) is 0 Å². The highest BCUT2D eigenvalue weighted by atomic mass is 79.9. The Labute approximate surface area is 130 Å². The summed E-state index contributed by atoms with van der Waals surface area (Å²) in [5, 5.41) is 0.737. The fourth-order valence-electron chi connectivity index (χ4n) is 2.20. The van der Waals surface area contributed by atoms with Crippen LogP contribution in [0.25, 0.3) is 0 Å². The maximum atomic E-state index is 6.12. The lowest BCUT2D eigenvalue weighted by atomic mass is 10.00. The lowest BCUT2D eigenvalue weighted by molar-refractivity contribution is 0.477. The smallest absolute Gasteiger partial charge is 0.0551 e. The van der Waals surface area contributed by atoms with E-state index >= 15 is 0 Å². The first-order chi connectivity index (χ1) is 9.19. The Morgan fingerprint density at radius 1 is 1.21 bits per heavy atom. The molecule has 0 amide bonds. The number of nitrogens with one attached hydrogen (secondary N) is 1. The quantitative estimate of drug-likeness (QED) is 0.358. The van der Waals surface area contributed by atoms with Gasteiger partial charge in [0.05, 0.1) is 5.02 Å². The number of hydrogen-bond acceptors (Lipinski definition) is 2. The topological polar surface area (TPSA) is 38.0 Å². The molecule has 0 saturated carbocycles. The predicted octanol–water partition coefficient (Wildman–Crippen LogP) is 5.36. The van der Waals surface area contributed by atoms with E-state index < -0.39 is 0 Å². The van der Waals surface area contributed by atoms with Gasteiger partial charge in [0.1, 0.15) is 0 Å². The van der Waals surface area contributed by atoms with Crippen molar-refractivity contribution >= 4 is 27.5 Å². The minimum absolute atomic E-state index is 0.191. The van der Waals surface area contributed by atoms with Crippen LogP contribution in [0.4, 0.5) is 0 Å². The lowest BCUT2D eigenvalue weighted by Gasteiger charge is -2.17. The van der Waals surface area contributed by atoms with Gasteiger partial charge in [0.25, 0.3) is 0 Å². The van der Waals surface area contributed by atoms with E-state index in [1.165, 1.54) is 38.5 Å². The third-order valence-corrected chi connectivity index (χ3v) is 4.63. The number of rotatable bonds is 9. The van der Waals surface area contributed by atoms with E-state index in [1.807, 2.05) is 12.1 Å². The highest BCUT2D eigenvalue weighted by Crippen LogP contribution is 2.28. The lowest BCUT2D eigenvalue weighted by Crippen LogP contribution is -2.28. The first-order valence-electron chi connectivity index (χ1n) is 7.10. The second-order valence-corrected chi connectivity index (χ2v) is 6.21. The van der Waals surface area contributed by atoms with Crippen LogP contribution in [0.5, 0.6) is 0 Å². The zero-order chi connectivity index (χ0) is 14.1. The van der Waals surface area contributed by atoms with Gasteiger partial charge in [-0.3, -0.25) is 11.3 Å². The largest absolute Gasteiger partial charge is 0.271 e. The average molecular weight is 348 g/mol. The number of nitrogens with two attached hydrogens (primary N) is 1. The van der Waals surface area contributed by atoms with E-state index in [9.17, 15) is 0 Å². The van der Waals surface area contributed by atoms with Gasteiger partial charge >= 0.3 is 0 Å². The number of halogens is 2. The van der Waals surface area contributed by atoms with Crippen molar-refractivity contribution in [3.8, 4) is 0 Å². The molecule has 108 valence electrons. The fraction of sp³-hybridized carbons (Fsp3) is 0.600. The molecule has 0 aliphatic heterocycles. The summed E-state index contributed by atoms with van der Waals surface area (Å²) in [6.45, 7) is 2.24. The Morgan fingerprint density at radius 2 is 1.89 bits per heavy atom. The van der Waals surface area contributed by atoms with Crippen molar-refractivity contribution in [2.45, 2.75) is 57.9 Å². The van der Waals surface area contributed by atoms with Crippen molar-refractivity contribution < 1.29 is 0 Å². The number of hydrogen-bond donors (Lipinski definition) is 2. The van der Waals surface area contributed by atoms with Crippen molar-refractivity contribution in [1.29, 1.82) is 0 Å². The average Bonchev–Trinajstić information content (AvgIpc) is 2.41. The molecule has 1 rings (SSSR count). The van der Waals surface area contributed by atoms with Gasteiger partial charge < -0.3 is 0 Å². The summed E-state index contributed by atoms with van der Waals surface area (Å²) < 4.78 is 0.924. The Kier molecular flexibility index (Phi) is 8.71. The molecule has 1 aromatic rings. The van der Waals surface area contributed by atoms with Crippen LogP contribution in [0.3, 0.4) is 0 Å². The zero-order valence-electron chi connectivity index (χ0n) is 11.6. The molecule has 0 heterocycles. The van der Waals surface area contributed by atoms with Crippen molar-refractivity contribution in [2.24, 2.45) is 5.84 Å². The first-order valence-corrected chi connectivity index (χ1v) is 8.27. The van der Waals surface area contributed by atoms with Crippen LogP contribution in [0.2, 0.25) is 5.02 Å². The van der Waals surface area contributed by atoms with E-state index in [-0.39, 0.29) is 6.04 Å². The van der Waals surface area contributed by atoms with Crippen LogP contribution in [0.1, 0.15) is 63.5 Å². The van der Waals surface area contributed by atoms with Gasteiger partial charge in [-0.05, 0) is 40.0 Å². The van der Waals surface area contributed by atoms with Crippen LogP contribution in [-0.2, 0) is 0 Å². The summed E-state index contributed by atoms with van der Waals surface area (Å²) in [5.41, 5.74) is 4.05. The van der Waals surface area contributed by atoms with Crippen molar-refractivity contribution in [2.75, 3.05) is 0 Å². The molecule has 3 N–H and O–H groups in total. The molecular formula is C15H24BrClN2. The first kappa shape index (κ1) is 17.0. The molecule has 0 bridgehead atoms. The molecule has 0 aromatic heterocycles. The molecule has 1 unspecified atom stereocenters. The molecule has 0 aliphatic carbocycles. The third kappa shape index (κ3) is 6.26. The van der Waals surface area contributed by atoms with E-state index in [1.54, 1.807) is 0 Å². The van der Waals surface area contributed by atoms with Crippen LogP contribution < -0.4 is 11.3 Å². The predicted molar refractivity (Wildman–Crippen MR) is 87.2 cm³/mol. The highest BCUT2D eigenvalue weighted by molar-refractivity contribution is 9.10. The van der Waals surface area contributed by atoms with Crippen LogP contribution in [0, 0.1) is 0 Å². The zero-order valence-corrected chi connectivity index (χ0v) is 13.9. The number of benzene rings is 1. The summed E-state index contributed by atoms with van der Waals surface area (Å²) in [6, 6.07) is 6.21. The molecule has 1 aromatic carbocycles. The molecule has 0 saturated heterocycles. The standard InChI is InChI=1S/C15H24BrClN2/c1-2-3-4-5-6-7-8-15(19-18)12-9-10-13(16)14(17)11-12/h9-11,15,19H,2-8,18H2,1H3. The second kappa shape index (κ2) is 9.76. The Balaban J connectivity index is 2.38. The van der Waals surface area contributed by atoms with Gasteiger partial charge in [-0.2, -0.15) is 0 Å². The summed E-state index contributed by atoms with van der Waals surface area (Å²) in [4.78, 5) is 0. The van der Waals surface area contributed by atoms with Crippen LogP contribution in [-0.4, -0.2) is 0 Å². The van der Waals surface area contributed by atoms with Gasteiger partial charge in [-0.15, -0.1) is 0 Å². The molecule has 0 spiro atoms. The van der Waals surface area contributed by atoms with E-state index in [2.05, 4.69) is 34.3 Å². The Hall–Kier alpha value is -0.0900. The molecule has 0 fully saturated rings. The second-order valence-electron chi connectivity index (χ2n) is 4.95. The highest BCUT2D eigenvalue weighted by Gasteiger charge is 2.10. The molecule has 0 radical (unpaired) electrons. The van der Waals surface area contributed by atoms with Crippen molar-refractivity contribution in [3.63, 3.8) is 0 Å². The summed E-state index contributed by atoms with van der Waals surface area (Å²) in [7, 11) is 0. The maximum Gasteiger partial charge on any atom is 0.0551 e. The van der Waals surface area contributed by atoms with Crippen molar-refractivity contribution in [1.82, 2.24) is 5.43 Å². The molecule has 1 atom stereocenters. The van der Waals surface area contributed by atoms with Gasteiger partial charge in [0, 0.05) is 10.5 Å². The van der Waals surface area contributed by atoms with E-state index in [4.69, 9.17) is 17.4 Å². The maximum absolute atomic E-state index is 6.12. The van der Waals surface area contributed by atoms with Crippen LogP contribution in [0.15, 0.2) is 22.7 Å². The molecule has 4 heteroatoms. The van der Waals surface area contributed by atoms with Crippen molar-refractivity contribution in [3.05, 3.63) is 33.3 Å². The van der Waals surface area contributed by atoms with Gasteiger partial charge in [0.15, 0.2) is 0 Å². The van der Waals surface area contributed by atoms with Crippen LogP contribution >= 0.6 is 27.5 Å². The minimum Gasteiger partial charge on any atom is -0.271 e. The summed E-state index contributed by atoms with van der Waals surface area (Å²) in [5.74, 6) is 5.65. The van der Waals surface area contributed by atoms with Gasteiger partial charge in [-0.25, -0.2) is 0 Å². The fourth-order valence-corrected chi connectivity index (χ4v) is 2.64.